The van der Waals surface area contributed by atoms with E-state index in [4.69, 9.17) is 11.6 Å². The minimum atomic E-state index is -0.218. The Labute approximate surface area is 58.2 Å². The quantitative estimate of drug-likeness (QED) is 0.468. The zero-order chi connectivity index (χ0) is 6.85. The van der Waals surface area contributed by atoms with Gasteiger partial charge in [0.15, 0.2) is 0 Å². The number of carbonyl (C=O) groups is 1. The fourth-order valence-corrected chi connectivity index (χ4v) is 0.700. The fourth-order valence-electron chi connectivity index (χ4n) is 0.579. The molecule has 0 saturated carbocycles. The summed E-state index contributed by atoms with van der Waals surface area (Å²) in [6, 6.07) is 0. The summed E-state index contributed by atoms with van der Waals surface area (Å²) in [4.78, 5) is 14.1. The van der Waals surface area contributed by atoms with Crippen LogP contribution < -0.4 is 0 Å². The first-order valence-corrected chi connectivity index (χ1v) is 3.05. The number of carbonyl (C=O) groups excluding carboxylic acids is 1. The summed E-state index contributed by atoms with van der Waals surface area (Å²) in [5.41, 5.74) is 0.671. The molecule has 0 aromatic rings. The summed E-state index contributed by atoms with van der Waals surface area (Å²) in [5.74, 6) is -0.218. The fraction of sp³-hybridized carbons (Fsp3) is 0.333. The Bertz CT molecular complexity index is 195. The Morgan fingerprint density at radius 1 is 1.78 bits per heavy atom. The number of hydrogen-bond donors (Lipinski definition) is 0. The highest BCUT2D eigenvalue weighted by Crippen LogP contribution is 2.06. The van der Waals surface area contributed by atoms with E-state index in [-0.39, 0.29) is 11.3 Å². The van der Waals surface area contributed by atoms with Crippen molar-refractivity contribution in [1.29, 1.82) is 0 Å². The van der Waals surface area contributed by atoms with Gasteiger partial charge in [-0.3, -0.25) is 4.79 Å². The predicted molar refractivity (Wildman–Crippen MR) is 36.9 cm³/mol. The number of nitrogens with zero attached hydrogens (tertiary/aromatic N) is 1. The van der Waals surface area contributed by atoms with Crippen molar-refractivity contribution < 1.29 is 4.79 Å². The van der Waals surface area contributed by atoms with Crippen LogP contribution in [0.4, 0.5) is 0 Å². The van der Waals surface area contributed by atoms with Gasteiger partial charge in [-0.15, -0.1) is 11.6 Å². The third-order valence-electron chi connectivity index (χ3n) is 1.09. The normalized spacial score (nSPS) is 26.2. The summed E-state index contributed by atoms with van der Waals surface area (Å²) < 4.78 is 0. The van der Waals surface area contributed by atoms with Gasteiger partial charge in [-0.25, -0.2) is 4.99 Å². The van der Waals surface area contributed by atoms with Gasteiger partial charge in [-0.2, -0.15) is 0 Å². The zero-order valence-electron chi connectivity index (χ0n) is 4.97. The lowest BCUT2D eigenvalue weighted by atomic mass is 10.2. The molecule has 1 aliphatic rings. The molecule has 1 rings (SSSR count). The monoisotopic (exact) mass is 143 g/mol. The van der Waals surface area contributed by atoms with E-state index in [0.717, 1.165) is 0 Å². The summed E-state index contributed by atoms with van der Waals surface area (Å²) in [6.07, 6.45) is 3.01. The van der Waals surface area contributed by atoms with E-state index in [2.05, 4.69) is 4.99 Å². The molecule has 48 valence electrons. The lowest BCUT2D eigenvalue weighted by molar-refractivity contribution is -0.113. The van der Waals surface area contributed by atoms with E-state index in [1.54, 1.807) is 13.0 Å². The van der Waals surface area contributed by atoms with Crippen LogP contribution in [0.5, 0.6) is 0 Å². The molecular weight excluding hydrogens is 138 g/mol. The van der Waals surface area contributed by atoms with Crippen LogP contribution in [0, 0.1) is 0 Å². The number of alkyl halides is 1. The maximum absolute atomic E-state index is 10.5. The molecule has 1 heterocycles. The number of allylic oxidation sites excluding steroid dienone is 1. The van der Waals surface area contributed by atoms with Gasteiger partial charge in [0, 0.05) is 11.8 Å². The minimum Gasteiger partial charge on any atom is -0.267 e. The minimum absolute atomic E-state index is 0.192. The van der Waals surface area contributed by atoms with Crippen LogP contribution in [0.3, 0.4) is 0 Å². The molecule has 0 saturated heterocycles. The number of hydrogen-bond acceptors (Lipinski definition) is 1. The Kier molecular flexibility index (Phi) is 1.67. The molecule has 0 spiro atoms. The third-order valence-corrected chi connectivity index (χ3v) is 1.55. The van der Waals surface area contributed by atoms with Gasteiger partial charge in [-0.1, -0.05) is 6.08 Å². The van der Waals surface area contributed by atoms with Crippen LogP contribution in [0.2, 0.25) is 0 Å². The highest BCUT2D eigenvalue weighted by atomic mass is 35.5. The zero-order valence-corrected chi connectivity index (χ0v) is 5.72. The average molecular weight is 144 g/mol. The second-order valence-corrected chi connectivity index (χ2v) is 2.32. The summed E-state index contributed by atoms with van der Waals surface area (Å²) >= 11 is 5.66. The molecular formula is C6H6ClNO. The Hall–Kier alpha value is -0.630. The van der Waals surface area contributed by atoms with Gasteiger partial charge < -0.3 is 0 Å². The van der Waals surface area contributed by atoms with Crippen molar-refractivity contribution in [3.63, 3.8) is 0 Å². The summed E-state index contributed by atoms with van der Waals surface area (Å²) in [7, 11) is 0. The lowest BCUT2D eigenvalue weighted by Gasteiger charge is -2.05. The Morgan fingerprint density at radius 3 is 2.89 bits per heavy atom. The predicted octanol–water partition coefficient (Wildman–Crippen LogP) is 1.15. The maximum atomic E-state index is 10.5. The second kappa shape index (κ2) is 2.31. The molecule has 0 bridgehead atoms. The van der Waals surface area contributed by atoms with Crippen molar-refractivity contribution in [3.8, 4) is 0 Å². The molecule has 0 aromatic carbocycles. The van der Waals surface area contributed by atoms with E-state index in [1.165, 1.54) is 6.08 Å². The Balaban J connectivity index is 2.82. The van der Waals surface area contributed by atoms with E-state index in [9.17, 15) is 4.79 Å². The molecule has 1 unspecified atom stereocenters. The third kappa shape index (κ3) is 1.39. The molecule has 1 amide bonds. The van der Waals surface area contributed by atoms with Gasteiger partial charge in [0.25, 0.3) is 5.91 Å². The van der Waals surface area contributed by atoms with Crippen molar-refractivity contribution in [3.05, 3.63) is 12.2 Å². The maximum Gasteiger partial charge on any atom is 0.269 e. The van der Waals surface area contributed by atoms with Crippen LogP contribution in [0.25, 0.3) is 0 Å². The smallest absolute Gasteiger partial charge is 0.267 e. The first-order valence-electron chi connectivity index (χ1n) is 2.61. The van der Waals surface area contributed by atoms with Gasteiger partial charge in [0.2, 0.25) is 0 Å². The molecule has 0 N–H and O–H groups in total. The van der Waals surface area contributed by atoms with Crippen molar-refractivity contribution in [2.24, 2.45) is 4.99 Å². The van der Waals surface area contributed by atoms with Crippen LogP contribution in [-0.2, 0) is 4.79 Å². The molecule has 0 aromatic heterocycles. The standard InChI is InChI=1S/C6H6ClNO/c1-4-5(7)2-3-6(9)8-4/h2-3,5H,1H3. The molecule has 0 aliphatic carbocycles. The van der Waals surface area contributed by atoms with Crippen LogP contribution in [-0.4, -0.2) is 17.0 Å². The van der Waals surface area contributed by atoms with Crippen LogP contribution in [0.15, 0.2) is 17.1 Å². The molecule has 0 fully saturated rings. The molecule has 2 nitrogen and oxygen atoms in total. The van der Waals surface area contributed by atoms with E-state index in [1.807, 2.05) is 0 Å². The highest BCUT2D eigenvalue weighted by Gasteiger charge is 2.09. The van der Waals surface area contributed by atoms with Crippen molar-refractivity contribution >= 4 is 23.2 Å². The Morgan fingerprint density at radius 2 is 2.44 bits per heavy atom. The van der Waals surface area contributed by atoms with E-state index >= 15 is 0 Å². The van der Waals surface area contributed by atoms with Gasteiger partial charge in [-0.05, 0) is 6.92 Å². The van der Waals surface area contributed by atoms with Crippen LogP contribution in [0.1, 0.15) is 6.92 Å². The first kappa shape index (κ1) is 6.49. The van der Waals surface area contributed by atoms with Crippen LogP contribution >= 0.6 is 11.6 Å². The SMILES string of the molecule is CC1=NC(=O)C=CC1Cl. The molecule has 1 aliphatic heterocycles. The van der Waals surface area contributed by atoms with Gasteiger partial charge in [0.05, 0.1) is 5.38 Å². The number of halogens is 1. The number of rotatable bonds is 0. The van der Waals surface area contributed by atoms with E-state index < -0.39 is 0 Å². The highest BCUT2D eigenvalue weighted by molar-refractivity contribution is 6.35. The largest absolute Gasteiger partial charge is 0.269 e. The lowest BCUT2D eigenvalue weighted by Crippen LogP contribution is -2.13. The topological polar surface area (TPSA) is 29.4 Å². The molecule has 3 heteroatoms. The van der Waals surface area contributed by atoms with Gasteiger partial charge in [0.1, 0.15) is 0 Å². The van der Waals surface area contributed by atoms with Crippen molar-refractivity contribution in [2.75, 3.05) is 0 Å². The van der Waals surface area contributed by atoms with Gasteiger partial charge >= 0.3 is 0 Å². The molecule has 1 atom stereocenters. The number of aliphatic imine (C=N–C) groups is 1. The molecule has 9 heavy (non-hydrogen) atoms. The van der Waals surface area contributed by atoms with Crippen molar-refractivity contribution in [2.45, 2.75) is 12.3 Å². The van der Waals surface area contributed by atoms with E-state index in [0.29, 0.717) is 5.71 Å². The first-order chi connectivity index (χ1) is 4.20. The summed E-state index contributed by atoms with van der Waals surface area (Å²) in [6.45, 7) is 1.74. The second-order valence-electron chi connectivity index (χ2n) is 1.85. The molecule has 0 radical (unpaired) electrons. The number of amides is 1. The average Bonchev–Trinajstić information content (AvgIpc) is 1.80. The summed E-state index contributed by atoms with van der Waals surface area (Å²) in [5, 5.41) is -0.192. The van der Waals surface area contributed by atoms with Crippen molar-refractivity contribution in [1.82, 2.24) is 0 Å². The number of dihydropyridines is 1.